The van der Waals surface area contributed by atoms with Crippen molar-refractivity contribution in [3.05, 3.63) is 89.8 Å². The van der Waals surface area contributed by atoms with Gasteiger partial charge in [-0.1, -0.05) is 30.0 Å². The van der Waals surface area contributed by atoms with Gasteiger partial charge in [-0.2, -0.15) is 0 Å². The molecule has 0 saturated carbocycles. The topological polar surface area (TPSA) is 124 Å². The van der Waals surface area contributed by atoms with Crippen molar-refractivity contribution >= 4 is 41.2 Å². The Morgan fingerprint density at radius 1 is 1.12 bits per heavy atom. The third-order valence-electron chi connectivity index (χ3n) is 4.54. The molecule has 3 rings (SSSR count). The van der Waals surface area contributed by atoms with Gasteiger partial charge in [0.2, 0.25) is 0 Å². The average Bonchev–Trinajstić information content (AvgIpc) is 2.86. The van der Waals surface area contributed by atoms with Crippen molar-refractivity contribution in [2.45, 2.75) is 9.79 Å². The van der Waals surface area contributed by atoms with Crippen molar-refractivity contribution < 1.29 is 19.4 Å². The Labute approximate surface area is 201 Å². The molecule has 0 radical (unpaired) electrons. The van der Waals surface area contributed by atoms with E-state index in [0.29, 0.717) is 22.5 Å². The van der Waals surface area contributed by atoms with Gasteiger partial charge in [0.25, 0.3) is 5.91 Å². The number of rotatable bonds is 9. The summed E-state index contributed by atoms with van der Waals surface area (Å²) in [7, 11) is 1.57. The Kier molecular flexibility index (Phi) is 8.96. The molecule has 0 aliphatic carbocycles. The number of nitrogens with zero attached hydrogens (tertiary/aromatic N) is 1. The lowest BCUT2D eigenvalue weighted by Gasteiger charge is -2.14. The van der Waals surface area contributed by atoms with Crippen LogP contribution in [0.5, 0.6) is 0 Å². The van der Waals surface area contributed by atoms with Crippen molar-refractivity contribution in [1.29, 1.82) is 5.41 Å². The number of allylic oxidation sites excluding steroid dienone is 1. The van der Waals surface area contributed by atoms with E-state index in [2.05, 4.69) is 15.6 Å². The summed E-state index contributed by atoms with van der Waals surface area (Å²) in [6.07, 6.45) is 4.22. The van der Waals surface area contributed by atoms with E-state index in [4.69, 9.17) is 15.3 Å². The molecule has 2 aromatic carbocycles. The second kappa shape index (κ2) is 12.3. The number of nitrogens with one attached hydrogen (secondary N) is 3. The summed E-state index contributed by atoms with van der Waals surface area (Å²) in [5, 5.41) is 22.7. The van der Waals surface area contributed by atoms with Gasteiger partial charge in [-0.05, 0) is 54.6 Å². The summed E-state index contributed by atoms with van der Waals surface area (Å²) in [5.41, 5.74) is 2.22. The minimum absolute atomic E-state index is 0.147. The maximum absolute atomic E-state index is 12.2. The molecule has 2 amide bonds. The van der Waals surface area contributed by atoms with Gasteiger partial charge in [0.1, 0.15) is 6.61 Å². The van der Waals surface area contributed by atoms with Crippen LogP contribution in [0.4, 0.5) is 10.5 Å². The Morgan fingerprint density at radius 3 is 2.65 bits per heavy atom. The second-order valence-corrected chi connectivity index (χ2v) is 7.99. The first kappa shape index (κ1) is 24.7. The van der Waals surface area contributed by atoms with Gasteiger partial charge in [-0.3, -0.25) is 15.1 Å². The van der Waals surface area contributed by atoms with Crippen LogP contribution in [0.25, 0.3) is 6.08 Å². The molecule has 0 fully saturated rings. The van der Waals surface area contributed by atoms with E-state index >= 15 is 0 Å². The van der Waals surface area contributed by atoms with E-state index in [0.717, 1.165) is 9.79 Å². The molecule has 8 nitrogen and oxygen atoms in total. The fraction of sp³-hybridized carbons (Fsp3) is 0.120. The first-order valence-electron chi connectivity index (χ1n) is 10.4. The Hall–Kier alpha value is -3.95. The molecule has 0 atom stereocenters. The van der Waals surface area contributed by atoms with E-state index < -0.39 is 6.09 Å². The van der Waals surface area contributed by atoms with Crippen LogP contribution in [0.15, 0.2) is 82.7 Å². The predicted molar refractivity (Wildman–Crippen MR) is 133 cm³/mol. The second-order valence-electron chi connectivity index (χ2n) is 6.87. The minimum atomic E-state index is -0.746. The summed E-state index contributed by atoms with van der Waals surface area (Å²) in [6.45, 7) is -0.443. The Bertz CT molecular complexity index is 1200. The minimum Gasteiger partial charge on any atom is -0.447 e. The van der Waals surface area contributed by atoms with Gasteiger partial charge in [0.15, 0.2) is 0 Å². The number of carbonyl (C=O) groups is 2. The quantitative estimate of drug-likeness (QED) is 0.343. The number of benzene rings is 2. The molecular weight excluding hydrogens is 452 g/mol. The van der Waals surface area contributed by atoms with Gasteiger partial charge in [-0.15, -0.1) is 0 Å². The molecule has 1 heterocycles. The zero-order valence-electron chi connectivity index (χ0n) is 18.4. The lowest BCUT2D eigenvalue weighted by molar-refractivity contribution is 0.0960. The molecule has 9 heteroatoms. The number of amides is 2. The first-order chi connectivity index (χ1) is 16.5. The molecule has 1 aromatic heterocycles. The van der Waals surface area contributed by atoms with Crippen LogP contribution < -0.4 is 10.6 Å². The molecular formula is C25H24N4O4S. The predicted octanol–water partition coefficient (Wildman–Crippen LogP) is 4.21. The average molecular weight is 477 g/mol. The highest BCUT2D eigenvalue weighted by Crippen LogP contribution is 2.33. The number of ether oxygens (including phenoxy) is 1. The van der Waals surface area contributed by atoms with Crippen LogP contribution in [0.1, 0.15) is 21.6 Å². The van der Waals surface area contributed by atoms with E-state index in [1.54, 1.807) is 55.7 Å². The maximum atomic E-state index is 12.2. The highest BCUT2D eigenvalue weighted by Gasteiger charge is 2.14. The van der Waals surface area contributed by atoms with E-state index in [1.165, 1.54) is 11.8 Å². The molecule has 0 unspecified atom stereocenters. The fourth-order valence-electron chi connectivity index (χ4n) is 2.95. The summed E-state index contributed by atoms with van der Waals surface area (Å²) >= 11 is 1.36. The van der Waals surface area contributed by atoms with Crippen LogP contribution >= 0.6 is 11.8 Å². The smallest absolute Gasteiger partial charge is 0.411 e. The van der Waals surface area contributed by atoms with E-state index in [1.807, 2.05) is 30.3 Å². The zero-order chi connectivity index (χ0) is 24.3. The maximum Gasteiger partial charge on any atom is 0.411 e. The molecule has 0 aliphatic rings. The zero-order valence-corrected chi connectivity index (χ0v) is 19.3. The standard InChI is InChI=1S/C25H24N4O4S/c1-27-24(31)20-7-2-3-8-23(20)34-18-10-11-19(22(16-18)29-25(32)33-15-14-30)21(26)12-9-17-6-4-5-13-28-17/h2-13,16,26,30H,14-15H2,1H3,(H,27,31)(H,29,32)/b12-9+,26-21?. The van der Waals surface area contributed by atoms with Crippen molar-refractivity contribution in [3.63, 3.8) is 0 Å². The molecule has 3 aromatic rings. The van der Waals surface area contributed by atoms with Gasteiger partial charge in [0.05, 0.1) is 29.3 Å². The number of hydrogen-bond acceptors (Lipinski definition) is 7. The number of aromatic nitrogens is 1. The van der Waals surface area contributed by atoms with Crippen LogP contribution in [0.2, 0.25) is 0 Å². The van der Waals surface area contributed by atoms with Crippen molar-refractivity contribution in [2.24, 2.45) is 0 Å². The first-order valence-corrected chi connectivity index (χ1v) is 11.2. The lowest BCUT2D eigenvalue weighted by atomic mass is 10.1. The fourth-order valence-corrected chi connectivity index (χ4v) is 3.93. The molecule has 0 spiro atoms. The van der Waals surface area contributed by atoms with Crippen molar-refractivity contribution in [2.75, 3.05) is 25.6 Å². The highest BCUT2D eigenvalue weighted by molar-refractivity contribution is 7.99. The highest BCUT2D eigenvalue weighted by atomic mass is 32.2. The van der Waals surface area contributed by atoms with Gasteiger partial charge >= 0.3 is 6.09 Å². The molecule has 0 aliphatic heterocycles. The summed E-state index contributed by atoms with van der Waals surface area (Å²) < 4.78 is 4.92. The van der Waals surface area contributed by atoms with Crippen molar-refractivity contribution in [3.8, 4) is 0 Å². The number of pyridine rings is 1. The van der Waals surface area contributed by atoms with Crippen LogP contribution in [0.3, 0.4) is 0 Å². The van der Waals surface area contributed by atoms with Crippen LogP contribution in [0, 0.1) is 5.41 Å². The number of anilines is 1. The SMILES string of the molecule is CNC(=O)c1ccccc1Sc1ccc(C(=N)/C=C/c2ccccn2)c(NC(=O)OCCO)c1. The third-order valence-corrected chi connectivity index (χ3v) is 5.60. The van der Waals surface area contributed by atoms with E-state index in [9.17, 15) is 9.59 Å². The normalized spacial score (nSPS) is 10.6. The molecule has 0 bridgehead atoms. The monoisotopic (exact) mass is 476 g/mol. The molecule has 4 N–H and O–H groups in total. The number of aliphatic hydroxyl groups excluding tert-OH is 1. The van der Waals surface area contributed by atoms with Crippen LogP contribution in [-0.2, 0) is 4.74 Å². The third kappa shape index (κ3) is 6.77. The largest absolute Gasteiger partial charge is 0.447 e. The van der Waals surface area contributed by atoms with Gasteiger partial charge in [0, 0.05) is 28.6 Å². The lowest BCUT2D eigenvalue weighted by Crippen LogP contribution is -2.18. The Morgan fingerprint density at radius 2 is 1.91 bits per heavy atom. The summed E-state index contributed by atoms with van der Waals surface area (Å²) in [5.74, 6) is -0.202. The van der Waals surface area contributed by atoms with E-state index in [-0.39, 0.29) is 24.8 Å². The molecule has 34 heavy (non-hydrogen) atoms. The molecule has 174 valence electrons. The van der Waals surface area contributed by atoms with Crippen molar-refractivity contribution in [1.82, 2.24) is 10.3 Å². The van der Waals surface area contributed by atoms with Gasteiger partial charge in [-0.25, -0.2) is 4.79 Å². The summed E-state index contributed by atoms with van der Waals surface area (Å²) in [6, 6.07) is 17.9. The summed E-state index contributed by atoms with van der Waals surface area (Å²) in [4.78, 5) is 30.1. The Balaban J connectivity index is 1.91. The molecule has 0 saturated heterocycles. The number of carbonyl (C=O) groups excluding carboxylic acids is 2. The number of aliphatic hydroxyl groups is 1. The van der Waals surface area contributed by atoms with Gasteiger partial charge < -0.3 is 20.6 Å². The number of hydrogen-bond donors (Lipinski definition) is 4. The van der Waals surface area contributed by atoms with Crippen LogP contribution in [-0.4, -0.2) is 48.1 Å².